The fourth-order valence-corrected chi connectivity index (χ4v) is 5.07. The predicted octanol–water partition coefficient (Wildman–Crippen LogP) is 1.33. The number of anilines is 1. The Kier molecular flexibility index (Phi) is 6.27. The van der Waals surface area contributed by atoms with E-state index in [1.165, 1.54) is 26.2 Å². The molecule has 29 heavy (non-hydrogen) atoms. The van der Waals surface area contributed by atoms with Crippen LogP contribution < -0.4 is 10.0 Å². The summed E-state index contributed by atoms with van der Waals surface area (Å²) < 4.78 is 52.8. The Morgan fingerprint density at radius 3 is 2.24 bits per heavy atom. The molecule has 0 spiro atoms. The number of pyridine rings is 1. The minimum absolute atomic E-state index is 0.0822. The van der Waals surface area contributed by atoms with Crippen molar-refractivity contribution in [2.24, 2.45) is 0 Å². The molecule has 0 aliphatic rings. The van der Waals surface area contributed by atoms with Crippen LogP contribution in [0.1, 0.15) is 16.8 Å². The smallest absolute Gasteiger partial charge is 0.290 e. The van der Waals surface area contributed by atoms with Crippen molar-refractivity contribution in [1.29, 1.82) is 5.26 Å². The summed E-state index contributed by atoms with van der Waals surface area (Å²) in [6.45, 7) is 3.30. The summed E-state index contributed by atoms with van der Waals surface area (Å²) in [5.74, 6) is -0.105. The van der Waals surface area contributed by atoms with Crippen molar-refractivity contribution in [2.75, 3.05) is 19.4 Å². The normalized spacial score (nSPS) is 11.7. The van der Waals surface area contributed by atoms with Gasteiger partial charge in [0.2, 0.25) is 10.0 Å². The zero-order valence-corrected chi connectivity index (χ0v) is 17.7. The summed E-state index contributed by atoms with van der Waals surface area (Å²) in [6.07, 6.45) is 0. The second-order valence-corrected chi connectivity index (χ2v) is 9.98. The summed E-state index contributed by atoms with van der Waals surface area (Å²) in [4.78, 5) is 15.2. The Balaban J connectivity index is 2.40. The van der Waals surface area contributed by atoms with Crippen LogP contribution in [0.5, 0.6) is 0 Å². The van der Waals surface area contributed by atoms with E-state index in [9.17, 15) is 26.9 Å². The van der Waals surface area contributed by atoms with Gasteiger partial charge in [0.05, 0.1) is 5.56 Å². The topological polar surface area (TPSA) is 149 Å². The number of nitriles is 1. The fraction of sp³-hybridized carbons (Fsp3) is 0.235. The number of carbonyl (C=O) groups excluding carboxylic acids is 1. The van der Waals surface area contributed by atoms with Gasteiger partial charge < -0.3 is 0 Å². The fourth-order valence-electron chi connectivity index (χ4n) is 2.46. The third-order valence-corrected chi connectivity index (χ3v) is 7.20. The maximum Gasteiger partial charge on any atom is 0.334 e. The summed E-state index contributed by atoms with van der Waals surface area (Å²) in [7, 11) is -6.11. The number of amides is 2. The lowest BCUT2D eigenvalue weighted by atomic mass is 10.1. The van der Waals surface area contributed by atoms with Crippen LogP contribution in [0.2, 0.25) is 0 Å². The van der Waals surface area contributed by atoms with E-state index in [2.05, 4.69) is 10.3 Å². The number of benzene rings is 1. The van der Waals surface area contributed by atoms with Gasteiger partial charge in [-0.3, -0.25) is 5.32 Å². The number of hydrogen-bond donors (Lipinski definition) is 2. The molecule has 1 aromatic carbocycles. The van der Waals surface area contributed by atoms with Crippen LogP contribution in [-0.4, -0.2) is 46.3 Å². The highest BCUT2D eigenvalue weighted by molar-refractivity contribution is 7.92. The second kappa shape index (κ2) is 8.16. The highest BCUT2D eigenvalue weighted by atomic mass is 32.2. The predicted molar refractivity (Wildman–Crippen MR) is 105 cm³/mol. The van der Waals surface area contributed by atoms with Gasteiger partial charge in [-0.2, -0.15) is 5.26 Å². The molecule has 2 N–H and O–H groups in total. The van der Waals surface area contributed by atoms with Gasteiger partial charge in [-0.25, -0.2) is 35.6 Å². The quantitative estimate of drug-likeness (QED) is 0.716. The number of sulfonamides is 2. The van der Waals surface area contributed by atoms with Gasteiger partial charge in [0.1, 0.15) is 15.9 Å². The first kappa shape index (κ1) is 22.3. The van der Waals surface area contributed by atoms with Gasteiger partial charge in [-0.1, -0.05) is 12.1 Å². The molecular weight excluding hydrogens is 418 g/mol. The first-order chi connectivity index (χ1) is 13.4. The van der Waals surface area contributed by atoms with Crippen LogP contribution in [-0.2, 0) is 20.0 Å². The maximum absolute atomic E-state index is 12.7. The van der Waals surface area contributed by atoms with E-state index in [4.69, 9.17) is 0 Å². The van der Waals surface area contributed by atoms with Crippen molar-refractivity contribution in [2.45, 2.75) is 23.6 Å². The van der Waals surface area contributed by atoms with Crippen molar-refractivity contribution in [3.05, 3.63) is 47.2 Å². The standard InChI is InChI=1S/C17H19N5O5S2/c1-11-9-12(2)19-16(13(11)10-18)20-17(23)21-28(24,25)14-7-5-6-8-15(14)29(26,27)22(3)4/h5-9H,1-4H3,(H2,19,20,21,23). The largest absolute Gasteiger partial charge is 0.334 e. The molecule has 0 saturated heterocycles. The highest BCUT2D eigenvalue weighted by Crippen LogP contribution is 2.23. The molecule has 0 atom stereocenters. The Morgan fingerprint density at radius 1 is 1.10 bits per heavy atom. The molecule has 1 heterocycles. The van der Waals surface area contributed by atoms with E-state index >= 15 is 0 Å². The monoisotopic (exact) mass is 437 g/mol. The molecule has 12 heteroatoms. The summed E-state index contributed by atoms with van der Waals surface area (Å²) in [5.41, 5.74) is 1.15. The Morgan fingerprint density at radius 2 is 1.69 bits per heavy atom. The van der Waals surface area contributed by atoms with Gasteiger partial charge in [-0.05, 0) is 37.6 Å². The van der Waals surface area contributed by atoms with Crippen molar-refractivity contribution in [1.82, 2.24) is 14.0 Å². The maximum atomic E-state index is 12.7. The number of aromatic nitrogens is 1. The number of aryl methyl sites for hydroxylation is 2. The summed E-state index contributed by atoms with van der Waals surface area (Å²) in [5, 5.41) is 11.5. The van der Waals surface area contributed by atoms with Crippen LogP contribution in [0.4, 0.5) is 10.6 Å². The number of nitrogens with zero attached hydrogens (tertiary/aromatic N) is 3. The van der Waals surface area contributed by atoms with E-state index in [-0.39, 0.29) is 11.4 Å². The molecule has 0 fully saturated rings. The van der Waals surface area contributed by atoms with Crippen LogP contribution in [0.25, 0.3) is 0 Å². The zero-order chi connectivity index (χ0) is 22.0. The van der Waals surface area contributed by atoms with Crippen LogP contribution in [0.3, 0.4) is 0 Å². The Hall–Kier alpha value is -3.01. The molecule has 0 saturated carbocycles. The van der Waals surface area contributed by atoms with E-state index in [0.29, 0.717) is 11.3 Å². The number of urea groups is 1. The lowest BCUT2D eigenvalue weighted by Gasteiger charge is -2.16. The molecule has 0 aliphatic carbocycles. The highest BCUT2D eigenvalue weighted by Gasteiger charge is 2.29. The molecule has 10 nitrogen and oxygen atoms in total. The molecule has 2 amide bonds. The van der Waals surface area contributed by atoms with Crippen molar-refractivity contribution >= 4 is 31.9 Å². The molecule has 2 aromatic rings. The van der Waals surface area contributed by atoms with Gasteiger partial charge in [-0.15, -0.1) is 0 Å². The first-order valence-corrected chi connectivity index (χ1v) is 11.1. The number of nitrogens with one attached hydrogen (secondary N) is 2. The number of rotatable bonds is 5. The van der Waals surface area contributed by atoms with Crippen molar-refractivity contribution < 1.29 is 21.6 Å². The van der Waals surface area contributed by atoms with E-state index < -0.39 is 35.9 Å². The van der Waals surface area contributed by atoms with E-state index in [1.54, 1.807) is 24.6 Å². The third kappa shape index (κ3) is 4.70. The lowest BCUT2D eigenvalue weighted by molar-refractivity contribution is 0.256. The van der Waals surface area contributed by atoms with Crippen LogP contribution in [0, 0.1) is 25.2 Å². The zero-order valence-electron chi connectivity index (χ0n) is 16.1. The average Bonchev–Trinajstić information content (AvgIpc) is 2.60. The van der Waals surface area contributed by atoms with E-state index in [1.807, 2.05) is 6.07 Å². The Bertz CT molecular complexity index is 1220. The molecule has 0 unspecified atom stereocenters. The van der Waals surface area contributed by atoms with Gasteiger partial charge in [0.25, 0.3) is 10.0 Å². The summed E-state index contributed by atoms with van der Waals surface area (Å²) >= 11 is 0. The van der Waals surface area contributed by atoms with Gasteiger partial charge in [0, 0.05) is 19.8 Å². The average molecular weight is 438 g/mol. The molecule has 0 aliphatic heterocycles. The molecular formula is C17H19N5O5S2. The van der Waals surface area contributed by atoms with E-state index in [0.717, 1.165) is 16.4 Å². The van der Waals surface area contributed by atoms with Crippen molar-refractivity contribution in [3.63, 3.8) is 0 Å². The number of carbonyl (C=O) groups is 1. The molecule has 2 rings (SSSR count). The third-order valence-electron chi connectivity index (χ3n) is 3.81. The SMILES string of the molecule is Cc1cc(C)c(C#N)c(NC(=O)NS(=O)(=O)c2ccccc2S(=O)(=O)N(C)C)n1. The first-order valence-electron chi connectivity index (χ1n) is 8.14. The molecule has 0 radical (unpaired) electrons. The molecule has 154 valence electrons. The van der Waals surface area contributed by atoms with Crippen LogP contribution >= 0.6 is 0 Å². The Labute approximate surface area is 169 Å². The van der Waals surface area contributed by atoms with Crippen LogP contribution in [0.15, 0.2) is 40.1 Å². The minimum atomic E-state index is -4.55. The molecule has 0 bridgehead atoms. The molecule has 1 aromatic heterocycles. The number of hydrogen-bond acceptors (Lipinski definition) is 7. The summed E-state index contributed by atoms with van der Waals surface area (Å²) in [6, 6.07) is 7.25. The minimum Gasteiger partial charge on any atom is -0.290 e. The van der Waals surface area contributed by atoms with Crippen molar-refractivity contribution in [3.8, 4) is 6.07 Å². The van der Waals surface area contributed by atoms with Gasteiger partial charge in [0.15, 0.2) is 5.82 Å². The lowest BCUT2D eigenvalue weighted by Crippen LogP contribution is -2.36. The van der Waals surface area contributed by atoms with Gasteiger partial charge >= 0.3 is 6.03 Å². The second-order valence-electron chi connectivity index (χ2n) is 6.21.